The fraction of sp³-hybridized carbons (Fsp3) is 0.353. The van der Waals surface area contributed by atoms with Crippen LogP contribution in [0, 0.1) is 0 Å². The molecule has 0 aliphatic rings. The number of thioether (sulfide) groups is 1. The number of aromatic nitrogens is 2. The highest BCUT2D eigenvalue weighted by atomic mass is 79.9. The van der Waals surface area contributed by atoms with Crippen molar-refractivity contribution in [3.8, 4) is 5.69 Å². The van der Waals surface area contributed by atoms with Crippen LogP contribution in [-0.2, 0) is 14.3 Å². The summed E-state index contributed by atoms with van der Waals surface area (Å²) < 4.78 is 7.94. The molecule has 6 nitrogen and oxygen atoms in total. The first-order valence-electron chi connectivity index (χ1n) is 7.90. The van der Waals surface area contributed by atoms with Gasteiger partial charge in [0.2, 0.25) is 0 Å². The molecule has 8 heteroatoms. The van der Waals surface area contributed by atoms with Gasteiger partial charge in [-0.3, -0.25) is 14.2 Å². The lowest BCUT2D eigenvalue weighted by Gasteiger charge is -2.18. The minimum absolute atomic E-state index is 0.0963. The zero-order valence-corrected chi connectivity index (χ0v) is 16.5. The molecule has 0 saturated carbocycles. The van der Waals surface area contributed by atoms with Crippen molar-refractivity contribution in [3.63, 3.8) is 0 Å². The molecule has 0 aliphatic carbocycles. The van der Waals surface area contributed by atoms with E-state index in [0.717, 1.165) is 10.2 Å². The minimum atomic E-state index is -0.434. The summed E-state index contributed by atoms with van der Waals surface area (Å²) in [6.07, 6.45) is 3.51. The second kappa shape index (κ2) is 9.62. The summed E-state index contributed by atoms with van der Waals surface area (Å²) in [5, 5.41) is 0.689. The molecule has 0 spiro atoms. The van der Waals surface area contributed by atoms with Gasteiger partial charge in [-0.2, -0.15) is 0 Å². The average Bonchev–Trinajstić information content (AvgIpc) is 3.08. The van der Waals surface area contributed by atoms with Crippen LogP contribution < -0.4 is 0 Å². The molecule has 2 rings (SSSR count). The SMILES string of the molecule is CCN(CC)C(=O)COC(=O)CSc1nccn1-c1ccc(Br)cc1. The highest BCUT2D eigenvalue weighted by molar-refractivity contribution is 9.10. The van der Waals surface area contributed by atoms with Crippen LogP contribution in [-0.4, -0.2) is 51.8 Å². The molecule has 0 aliphatic heterocycles. The number of ether oxygens (including phenoxy) is 1. The first-order chi connectivity index (χ1) is 12.0. The first-order valence-corrected chi connectivity index (χ1v) is 9.68. The minimum Gasteiger partial charge on any atom is -0.455 e. The molecule has 1 aromatic heterocycles. The van der Waals surface area contributed by atoms with Gasteiger partial charge in [0.05, 0.1) is 5.75 Å². The van der Waals surface area contributed by atoms with Crippen LogP contribution in [0.15, 0.2) is 46.3 Å². The summed E-state index contributed by atoms with van der Waals surface area (Å²) in [7, 11) is 0. The maximum Gasteiger partial charge on any atom is 0.316 e. The lowest BCUT2D eigenvalue weighted by molar-refractivity contribution is -0.149. The first kappa shape index (κ1) is 19.5. The fourth-order valence-electron chi connectivity index (χ4n) is 2.17. The van der Waals surface area contributed by atoms with Crippen molar-refractivity contribution < 1.29 is 14.3 Å². The monoisotopic (exact) mass is 425 g/mol. The summed E-state index contributed by atoms with van der Waals surface area (Å²) in [6, 6.07) is 7.79. The zero-order chi connectivity index (χ0) is 18.2. The zero-order valence-electron chi connectivity index (χ0n) is 14.1. The highest BCUT2D eigenvalue weighted by Gasteiger charge is 2.14. The summed E-state index contributed by atoms with van der Waals surface area (Å²) in [6.45, 7) is 4.77. The van der Waals surface area contributed by atoms with Crippen LogP contribution >= 0.6 is 27.7 Å². The lowest BCUT2D eigenvalue weighted by Crippen LogP contribution is -2.34. The normalized spacial score (nSPS) is 10.5. The van der Waals surface area contributed by atoms with Gasteiger partial charge in [-0.1, -0.05) is 27.7 Å². The molecule has 1 aromatic carbocycles. The number of rotatable bonds is 8. The largest absolute Gasteiger partial charge is 0.455 e. The van der Waals surface area contributed by atoms with Gasteiger partial charge in [0.15, 0.2) is 11.8 Å². The number of halogens is 1. The molecule has 1 amide bonds. The summed E-state index contributed by atoms with van der Waals surface area (Å²) in [5.41, 5.74) is 0.952. The number of benzene rings is 1. The number of nitrogens with zero attached hydrogens (tertiary/aromatic N) is 3. The van der Waals surface area contributed by atoms with Crippen LogP contribution in [0.4, 0.5) is 0 Å². The van der Waals surface area contributed by atoms with Gasteiger partial charge >= 0.3 is 5.97 Å². The highest BCUT2D eigenvalue weighted by Crippen LogP contribution is 2.21. The lowest BCUT2D eigenvalue weighted by atomic mass is 10.3. The van der Waals surface area contributed by atoms with Gasteiger partial charge in [0.25, 0.3) is 5.91 Å². The predicted octanol–water partition coefficient (Wildman–Crippen LogP) is 3.14. The average molecular weight is 426 g/mol. The van der Waals surface area contributed by atoms with E-state index in [1.165, 1.54) is 11.8 Å². The van der Waals surface area contributed by atoms with E-state index in [9.17, 15) is 9.59 Å². The standard InChI is InChI=1S/C17H20BrN3O3S/c1-3-20(4-2)15(22)11-24-16(23)12-25-17-19-9-10-21(17)14-7-5-13(18)6-8-14/h5-10H,3-4,11-12H2,1-2H3. The van der Waals surface area contributed by atoms with E-state index in [1.807, 2.05) is 48.9 Å². The maximum atomic E-state index is 11.9. The van der Waals surface area contributed by atoms with Crippen molar-refractivity contribution in [1.29, 1.82) is 0 Å². The van der Waals surface area contributed by atoms with E-state index in [1.54, 1.807) is 11.1 Å². The number of imidazole rings is 1. The third-order valence-electron chi connectivity index (χ3n) is 3.50. The third-order valence-corrected chi connectivity index (χ3v) is 4.97. The van der Waals surface area contributed by atoms with Crippen LogP contribution in [0.2, 0.25) is 0 Å². The number of likely N-dealkylation sites (N-methyl/N-ethyl adjacent to an activating group) is 1. The Morgan fingerprint density at radius 1 is 1.24 bits per heavy atom. The molecular weight excluding hydrogens is 406 g/mol. The Morgan fingerprint density at radius 2 is 1.92 bits per heavy atom. The Balaban J connectivity index is 1.88. The Morgan fingerprint density at radius 3 is 2.56 bits per heavy atom. The van der Waals surface area contributed by atoms with E-state index in [-0.39, 0.29) is 18.3 Å². The number of esters is 1. The summed E-state index contributed by atoms with van der Waals surface area (Å²) >= 11 is 4.68. The summed E-state index contributed by atoms with van der Waals surface area (Å²) in [5.74, 6) is -0.519. The van der Waals surface area contributed by atoms with Crippen molar-refractivity contribution in [2.24, 2.45) is 0 Å². The van der Waals surface area contributed by atoms with Gasteiger partial charge in [0, 0.05) is 35.6 Å². The van der Waals surface area contributed by atoms with Gasteiger partial charge < -0.3 is 9.64 Å². The van der Waals surface area contributed by atoms with Crippen LogP contribution in [0.25, 0.3) is 5.69 Å². The molecule has 134 valence electrons. The third kappa shape index (κ3) is 5.61. The Kier molecular flexibility index (Phi) is 7.52. The van der Waals surface area contributed by atoms with Crippen molar-refractivity contribution in [1.82, 2.24) is 14.5 Å². The molecule has 0 N–H and O–H groups in total. The Bertz CT molecular complexity index is 714. The van der Waals surface area contributed by atoms with E-state index in [0.29, 0.717) is 18.2 Å². The molecule has 0 fully saturated rings. The molecule has 0 saturated heterocycles. The van der Waals surface area contributed by atoms with Gasteiger partial charge in [-0.05, 0) is 38.1 Å². The van der Waals surface area contributed by atoms with Gasteiger partial charge in [-0.25, -0.2) is 4.98 Å². The number of carbonyl (C=O) groups excluding carboxylic acids is 2. The second-order valence-electron chi connectivity index (χ2n) is 5.07. The molecular formula is C17H20BrN3O3S. The smallest absolute Gasteiger partial charge is 0.316 e. The fourth-order valence-corrected chi connectivity index (χ4v) is 3.21. The predicted molar refractivity (Wildman–Crippen MR) is 101 cm³/mol. The number of amides is 1. The number of hydrogen-bond acceptors (Lipinski definition) is 5. The Labute approximate surface area is 159 Å². The maximum absolute atomic E-state index is 11.9. The molecule has 25 heavy (non-hydrogen) atoms. The molecule has 2 aromatic rings. The van der Waals surface area contributed by atoms with E-state index >= 15 is 0 Å². The van der Waals surface area contributed by atoms with Crippen molar-refractivity contribution >= 4 is 39.6 Å². The van der Waals surface area contributed by atoms with Crippen LogP contribution in [0.3, 0.4) is 0 Å². The van der Waals surface area contributed by atoms with Crippen molar-refractivity contribution in [2.75, 3.05) is 25.4 Å². The van der Waals surface area contributed by atoms with Crippen molar-refractivity contribution in [3.05, 3.63) is 41.1 Å². The van der Waals surface area contributed by atoms with Crippen molar-refractivity contribution in [2.45, 2.75) is 19.0 Å². The van der Waals surface area contributed by atoms with E-state index < -0.39 is 5.97 Å². The summed E-state index contributed by atoms with van der Waals surface area (Å²) in [4.78, 5) is 29.6. The molecule has 1 heterocycles. The topological polar surface area (TPSA) is 64.4 Å². The molecule has 0 bridgehead atoms. The van der Waals surface area contributed by atoms with E-state index in [2.05, 4.69) is 20.9 Å². The Hall–Kier alpha value is -1.80. The number of carbonyl (C=O) groups is 2. The van der Waals surface area contributed by atoms with Crippen LogP contribution in [0.5, 0.6) is 0 Å². The number of hydrogen-bond donors (Lipinski definition) is 0. The molecule has 0 unspecified atom stereocenters. The molecule has 0 radical (unpaired) electrons. The second-order valence-corrected chi connectivity index (χ2v) is 6.93. The van der Waals surface area contributed by atoms with Gasteiger partial charge in [-0.15, -0.1) is 0 Å². The quantitative estimate of drug-likeness (QED) is 0.480. The van der Waals surface area contributed by atoms with Gasteiger partial charge in [0.1, 0.15) is 0 Å². The molecule has 0 atom stereocenters. The van der Waals surface area contributed by atoms with E-state index in [4.69, 9.17) is 4.74 Å². The van der Waals surface area contributed by atoms with Crippen LogP contribution in [0.1, 0.15) is 13.8 Å².